The van der Waals surface area contributed by atoms with Crippen LogP contribution >= 0.6 is 23.1 Å². The van der Waals surface area contributed by atoms with Gasteiger partial charge in [0.25, 0.3) is 11.8 Å². The monoisotopic (exact) mass is 634 g/mol. The van der Waals surface area contributed by atoms with Gasteiger partial charge in [-0.15, -0.1) is 23.1 Å². The molecule has 3 amide bonds. The molecule has 226 valence electrons. The Morgan fingerprint density at radius 1 is 0.889 bits per heavy atom. The van der Waals surface area contributed by atoms with Crippen molar-refractivity contribution in [3.8, 4) is 17.0 Å². The molecule has 0 unspecified atom stereocenters. The van der Waals surface area contributed by atoms with Gasteiger partial charge in [-0.25, -0.2) is 4.98 Å². The molecule has 0 aliphatic rings. The van der Waals surface area contributed by atoms with Crippen molar-refractivity contribution in [2.75, 3.05) is 23.5 Å². The third kappa shape index (κ3) is 8.47. The summed E-state index contributed by atoms with van der Waals surface area (Å²) in [5.74, 6) is -0.220. The highest BCUT2D eigenvalue weighted by molar-refractivity contribution is 8.00. The van der Waals surface area contributed by atoms with Crippen molar-refractivity contribution < 1.29 is 19.1 Å². The molecular formula is C35H30N4O4S2. The van der Waals surface area contributed by atoms with E-state index in [1.165, 1.54) is 23.1 Å². The van der Waals surface area contributed by atoms with Gasteiger partial charge in [-0.1, -0.05) is 60.7 Å². The number of thiazole rings is 1. The SMILES string of the molecule is COc1ccccc1-c1csc(NC(=O)CSc2cccc(NC(=O)/C(=C/c3ccccc3C)NC(=O)c3ccccc3)c2)n1. The van der Waals surface area contributed by atoms with Crippen LogP contribution in [0, 0.1) is 6.92 Å². The van der Waals surface area contributed by atoms with Gasteiger partial charge in [0, 0.05) is 27.1 Å². The van der Waals surface area contributed by atoms with Crippen LogP contribution in [0.2, 0.25) is 0 Å². The summed E-state index contributed by atoms with van der Waals surface area (Å²) in [6.45, 7) is 1.94. The molecule has 0 spiro atoms. The number of nitrogens with zero attached hydrogens (tertiary/aromatic N) is 1. The van der Waals surface area contributed by atoms with Gasteiger partial charge in [0.1, 0.15) is 11.4 Å². The van der Waals surface area contributed by atoms with E-state index in [0.29, 0.717) is 22.1 Å². The van der Waals surface area contributed by atoms with Gasteiger partial charge in [-0.05, 0) is 66.6 Å². The maximum Gasteiger partial charge on any atom is 0.272 e. The fourth-order valence-corrected chi connectivity index (χ4v) is 5.81. The van der Waals surface area contributed by atoms with Crippen LogP contribution in [0.15, 0.2) is 119 Å². The predicted molar refractivity (Wildman–Crippen MR) is 182 cm³/mol. The Hall–Kier alpha value is -5.19. The van der Waals surface area contributed by atoms with Gasteiger partial charge < -0.3 is 20.7 Å². The lowest BCUT2D eigenvalue weighted by molar-refractivity contribution is -0.114. The molecule has 0 radical (unpaired) electrons. The average Bonchev–Trinajstić information content (AvgIpc) is 3.53. The number of carbonyl (C=O) groups is 3. The predicted octanol–water partition coefficient (Wildman–Crippen LogP) is 7.27. The molecule has 0 aliphatic heterocycles. The fourth-order valence-electron chi connectivity index (χ4n) is 4.32. The molecule has 0 saturated carbocycles. The van der Waals surface area contributed by atoms with Crippen molar-refractivity contribution >= 4 is 57.7 Å². The lowest BCUT2D eigenvalue weighted by Gasteiger charge is -2.13. The molecule has 1 heterocycles. The van der Waals surface area contributed by atoms with Gasteiger partial charge >= 0.3 is 0 Å². The van der Waals surface area contributed by atoms with Crippen molar-refractivity contribution in [3.05, 3.63) is 131 Å². The molecule has 10 heteroatoms. The molecule has 0 saturated heterocycles. The lowest BCUT2D eigenvalue weighted by atomic mass is 10.1. The van der Waals surface area contributed by atoms with E-state index in [1.54, 1.807) is 55.7 Å². The number of aromatic nitrogens is 1. The molecule has 5 rings (SSSR count). The van der Waals surface area contributed by atoms with E-state index in [1.807, 2.05) is 73.0 Å². The topological polar surface area (TPSA) is 109 Å². The van der Waals surface area contributed by atoms with Crippen molar-refractivity contribution in [2.45, 2.75) is 11.8 Å². The molecular weight excluding hydrogens is 605 g/mol. The zero-order valence-corrected chi connectivity index (χ0v) is 26.2. The molecule has 1 aromatic heterocycles. The number of para-hydroxylation sites is 1. The first kappa shape index (κ1) is 31.2. The van der Waals surface area contributed by atoms with E-state index in [4.69, 9.17) is 4.74 Å². The molecule has 0 fully saturated rings. The maximum absolute atomic E-state index is 13.4. The summed E-state index contributed by atoms with van der Waals surface area (Å²) in [5.41, 5.74) is 4.40. The van der Waals surface area contributed by atoms with Crippen molar-refractivity contribution in [3.63, 3.8) is 0 Å². The van der Waals surface area contributed by atoms with E-state index >= 15 is 0 Å². The normalized spacial score (nSPS) is 11.0. The van der Waals surface area contributed by atoms with Crippen LogP contribution in [0.1, 0.15) is 21.5 Å². The number of nitrogens with one attached hydrogen (secondary N) is 3. The Balaban J connectivity index is 1.23. The van der Waals surface area contributed by atoms with Crippen LogP contribution in [0.4, 0.5) is 10.8 Å². The van der Waals surface area contributed by atoms with E-state index in [9.17, 15) is 14.4 Å². The molecule has 0 aliphatic carbocycles. The summed E-state index contributed by atoms with van der Waals surface area (Å²) in [4.78, 5) is 44.4. The highest BCUT2D eigenvalue weighted by Crippen LogP contribution is 2.32. The number of anilines is 2. The van der Waals surface area contributed by atoms with Crippen LogP contribution in [0.3, 0.4) is 0 Å². The first-order valence-electron chi connectivity index (χ1n) is 14.0. The molecule has 8 nitrogen and oxygen atoms in total. The number of rotatable bonds is 11. The number of benzene rings is 4. The molecule has 0 bridgehead atoms. The summed E-state index contributed by atoms with van der Waals surface area (Å²) in [6, 6.07) is 31.1. The number of thioether (sulfide) groups is 1. The highest BCUT2D eigenvalue weighted by atomic mass is 32.2. The smallest absolute Gasteiger partial charge is 0.272 e. The Bertz CT molecular complexity index is 1850. The summed E-state index contributed by atoms with van der Waals surface area (Å²) >= 11 is 2.67. The number of carbonyl (C=O) groups excluding carboxylic acids is 3. The third-order valence-corrected chi connectivity index (χ3v) is 8.36. The number of methoxy groups -OCH3 is 1. The first-order chi connectivity index (χ1) is 21.9. The molecule has 45 heavy (non-hydrogen) atoms. The minimum atomic E-state index is -0.475. The van der Waals surface area contributed by atoms with Gasteiger partial charge in [0.05, 0.1) is 18.6 Å². The van der Waals surface area contributed by atoms with Crippen LogP contribution in [-0.4, -0.2) is 35.6 Å². The molecule has 5 aromatic rings. The molecule has 0 atom stereocenters. The van der Waals surface area contributed by atoms with E-state index in [0.717, 1.165) is 27.3 Å². The van der Waals surface area contributed by atoms with Gasteiger partial charge in [0.2, 0.25) is 5.91 Å². The zero-order valence-electron chi connectivity index (χ0n) is 24.6. The van der Waals surface area contributed by atoms with Crippen molar-refractivity contribution in [1.29, 1.82) is 0 Å². The number of amides is 3. The summed E-state index contributed by atoms with van der Waals surface area (Å²) < 4.78 is 5.42. The fraction of sp³-hybridized carbons (Fsp3) is 0.0857. The Kier molecular flexibility index (Phi) is 10.4. The lowest BCUT2D eigenvalue weighted by Crippen LogP contribution is -2.30. The maximum atomic E-state index is 13.4. The largest absolute Gasteiger partial charge is 0.496 e. The number of aryl methyl sites for hydroxylation is 1. The van der Waals surface area contributed by atoms with Crippen LogP contribution in [0.5, 0.6) is 5.75 Å². The van der Waals surface area contributed by atoms with Crippen LogP contribution < -0.4 is 20.7 Å². The van der Waals surface area contributed by atoms with E-state index in [-0.39, 0.29) is 17.4 Å². The highest BCUT2D eigenvalue weighted by Gasteiger charge is 2.16. The third-order valence-electron chi connectivity index (χ3n) is 6.61. The van der Waals surface area contributed by atoms with Crippen LogP contribution in [-0.2, 0) is 9.59 Å². The summed E-state index contributed by atoms with van der Waals surface area (Å²) in [5, 5.41) is 10.9. The van der Waals surface area contributed by atoms with Gasteiger partial charge in [-0.3, -0.25) is 14.4 Å². The van der Waals surface area contributed by atoms with Crippen molar-refractivity contribution in [1.82, 2.24) is 10.3 Å². The van der Waals surface area contributed by atoms with Gasteiger partial charge in [-0.2, -0.15) is 0 Å². The quantitative estimate of drug-likeness (QED) is 0.104. The molecule has 3 N–H and O–H groups in total. The summed E-state index contributed by atoms with van der Waals surface area (Å²) in [7, 11) is 1.61. The first-order valence-corrected chi connectivity index (χ1v) is 15.8. The average molecular weight is 635 g/mol. The van der Waals surface area contributed by atoms with E-state index < -0.39 is 11.8 Å². The second-order valence-electron chi connectivity index (χ2n) is 9.79. The Labute approximate surface area is 269 Å². The number of hydrogen-bond acceptors (Lipinski definition) is 7. The second-order valence-corrected chi connectivity index (χ2v) is 11.7. The Morgan fingerprint density at radius 3 is 2.44 bits per heavy atom. The van der Waals surface area contributed by atoms with Gasteiger partial charge in [0.15, 0.2) is 5.13 Å². The zero-order chi connectivity index (χ0) is 31.6. The van der Waals surface area contributed by atoms with E-state index in [2.05, 4.69) is 20.9 Å². The molecule has 4 aromatic carbocycles. The number of hydrogen-bond donors (Lipinski definition) is 3. The number of ether oxygens (including phenoxy) is 1. The van der Waals surface area contributed by atoms with Crippen LogP contribution in [0.25, 0.3) is 17.3 Å². The standard InChI is InChI=1S/C35H30N4O4S2/c1-23-11-6-7-14-25(23)19-29(37-33(41)24-12-4-3-5-13-24)34(42)36-26-15-10-16-27(20-26)44-22-32(40)39-35-38-30(21-45-35)28-17-8-9-18-31(28)43-2/h3-21H,22H2,1-2H3,(H,36,42)(H,37,41)(H,38,39,40)/b29-19-. The minimum Gasteiger partial charge on any atom is -0.496 e. The summed E-state index contributed by atoms with van der Waals surface area (Å²) in [6.07, 6.45) is 1.66. The minimum absolute atomic E-state index is 0.103. The second kappa shape index (κ2) is 15.0. The van der Waals surface area contributed by atoms with Crippen molar-refractivity contribution in [2.24, 2.45) is 0 Å². The Morgan fingerprint density at radius 2 is 1.64 bits per heavy atom.